The minimum Gasteiger partial charge on any atom is -0.385 e. The van der Waals surface area contributed by atoms with Crippen molar-refractivity contribution in [2.24, 2.45) is 0 Å². The number of rotatable bonds is 5. The van der Waals surface area contributed by atoms with Crippen LogP contribution in [-0.4, -0.2) is 6.54 Å². The van der Waals surface area contributed by atoms with E-state index in [9.17, 15) is 4.39 Å². The fourth-order valence-electron chi connectivity index (χ4n) is 1.74. The minimum absolute atomic E-state index is 0.195. The molecule has 0 heterocycles. The molecule has 0 saturated carbocycles. The van der Waals surface area contributed by atoms with Crippen molar-refractivity contribution in [2.75, 3.05) is 11.9 Å². The predicted molar refractivity (Wildman–Crippen MR) is 69.7 cm³/mol. The van der Waals surface area contributed by atoms with Crippen LogP contribution in [0.2, 0.25) is 0 Å². The van der Waals surface area contributed by atoms with E-state index in [1.54, 1.807) is 12.1 Å². The van der Waals surface area contributed by atoms with Gasteiger partial charge in [0.2, 0.25) is 0 Å². The molecule has 0 fully saturated rings. The molecule has 0 saturated heterocycles. The Morgan fingerprint density at radius 2 is 1.59 bits per heavy atom. The largest absolute Gasteiger partial charge is 0.385 e. The zero-order chi connectivity index (χ0) is 11.9. The van der Waals surface area contributed by atoms with Crippen LogP contribution in [0.1, 0.15) is 12.0 Å². The summed E-state index contributed by atoms with van der Waals surface area (Å²) in [6.07, 6.45) is 2.14. The Morgan fingerprint density at radius 1 is 0.882 bits per heavy atom. The SMILES string of the molecule is Fc1ccc(NCCCc2ccccc2)cc1. The highest BCUT2D eigenvalue weighted by Gasteiger charge is 1.94. The van der Waals surface area contributed by atoms with E-state index in [-0.39, 0.29) is 5.82 Å². The fourth-order valence-corrected chi connectivity index (χ4v) is 1.74. The van der Waals surface area contributed by atoms with Crippen molar-refractivity contribution in [3.8, 4) is 0 Å². The highest BCUT2D eigenvalue weighted by atomic mass is 19.1. The van der Waals surface area contributed by atoms with E-state index >= 15 is 0 Å². The molecule has 0 atom stereocenters. The van der Waals surface area contributed by atoms with Gasteiger partial charge in [-0.05, 0) is 42.7 Å². The molecular formula is C15H16FN. The molecular weight excluding hydrogens is 213 g/mol. The summed E-state index contributed by atoms with van der Waals surface area (Å²) in [5, 5.41) is 3.28. The summed E-state index contributed by atoms with van der Waals surface area (Å²) in [5.41, 5.74) is 2.33. The molecule has 0 aromatic heterocycles. The molecule has 0 bridgehead atoms. The van der Waals surface area contributed by atoms with Crippen LogP contribution in [0, 0.1) is 5.82 Å². The smallest absolute Gasteiger partial charge is 0.123 e. The normalized spacial score (nSPS) is 10.2. The van der Waals surface area contributed by atoms with E-state index in [1.807, 2.05) is 6.07 Å². The molecule has 2 aromatic carbocycles. The van der Waals surface area contributed by atoms with E-state index in [1.165, 1.54) is 17.7 Å². The highest BCUT2D eigenvalue weighted by molar-refractivity contribution is 5.42. The highest BCUT2D eigenvalue weighted by Crippen LogP contribution is 2.08. The quantitative estimate of drug-likeness (QED) is 0.767. The monoisotopic (exact) mass is 229 g/mol. The van der Waals surface area contributed by atoms with Gasteiger partial charge < -0.3 is 5.32 Å². The molecule has 1 N–H and O–H groups in total. The first-order valence-electron chi connectivity index (χ1n) is 5.88. The number of nitrogens with one attached hydrogen (secondary N) is 1. The van der Waals surface area contributed by atoms with Crippen LogP contribution in [0.5, 0.6) is 0 Å². The van der Waals surface area contributed by atoms with Crippen LogP contribution in [0.3, 0.4) is 0 Å². The zero-order valence-electron chi connectivity index (χ0n) is 9.70. The number of anilines is 1. The molecule has 1 nitrogen and oxygen atoms in total. The van der Waals surface area contributed by atoms with Crippen LogP contribution >= 0.6 is 0 Å². The Bertz CT molecular complexity index is 436. The second-order valence-corrected chi connectivity index (χ2v) is 4.02. The number of benzene rings is 2. The van der Waals surface area contributed by atoms with Crippen molar-refractivity contribution in [1.29, 1.82) is 0 Å². The lowest BCUT2D eigenvalue weighted by atomic mass is 10.1. The second kappa shape index (κ2) is 6.04. The number of hydrogen-bond donors (Lipinski definition) is 1. The molecule has 17 heavy (non-hydrogen) atoms. The Kier molecular flexibility index (Phi) is 4.14. The molecule has 2 aromatic rings. The van der Waals surface area contributed by atoms with Gasteiger partial charge in [-0.15, -0.1) is 0 Å². The molecule has 0 unspecified atom stereocenters. The summed E-state index contributed by atoms with van der Waals surface area (Å²) in [6.45, 7) is 0.903. The van der Waals surface area contributed by atoms with Gasteiger partial charge in [-0.3, -0.25) is 0 Å². The van der Waals surface area contributed by atoms with Gasteiger partial charge in [0.15, 0.2) is 0 Å². The maximum atomic E-state index is 12.7. The molecule has 0 aliphatic heterocycles. The maximum Gasteiger partial charge on any atom is 0.123 e. The standard InChI is InChI=1S/C15H16FN/c16-14-8-10-15(11-9-14)17-12-4-7-13-5-2-1-3-6-13/h1-3,5-6,8-11,17H,4,7,12H2. The number of aryl methyl sites for hydroxylation is 1. The third-order valence-electron chi connectivity index (χ3n) is 2.66. The Morgan fingerprint density at radius 3 is 2.29 bits per heavy atom. The topological polar surface area (TPSA) is 12.0 Å². The van der Waals surface area contributed by atoms with E-state index in [0.29, 0.717) is 0 Å². The summed E-state index contributed by atoms with van der Waals surface area (Å²) in [7, 11) is 0. The third-order valence-corrected chi connectivity index (χ3v) is 2.66. The Hall–Kier alpha value is -1.83. The van der Waals surface area contributed by atoms with Gasteiger partial charge in [0.1, 0.15) is 5.82 Å². The molecule has 2 rings (SSSR count). The van der Waals surface area contributed by atoms with E-state index in [0.717, 1.165) is 25.1 Å². The molecule has 88 valence electrons. The van der Waals surface area contributed by atoms with Crippen LogP contribution in [0.15, 0.2) is 54.6 Å². The van der Waals surface area contributed by atoms with Crippen molar-refractivity contribution in [1.82, 2.24) is 0 Å². The van der Waals surface area contributed by atoms with Crippen LogP contribution in [0.25, 0.3) is 0 Å². The summed E-state index contributed by atoms with van der Waals surface area (Å²) in [6, 6.07) is 16.9. The first-order chi connectivity index (χ1) is 8.34. The molecule has 2 heteroatoms. The van der Waals surface area contributed by atoms with Crippen molar-refractivity contribution in [3.63, 3.8) is 0 Å². The second-order valence-electron chi connectivity index (χ2n) is 4.02. The van der Waals surface area contributed by atoms with Crippen LogP contribution in [0.4, 0.5) is 10.1 Å². The molecule has 0 radical (unpaired) electrons. The number of hydrogen-bond acceptors (Lipinski definition) is 1. The van der Waals surface area contributed by atoms with Crippen molar-refractivity contribution in [3.05, 3.63) is 66.0 Å². The van der Waals surface area contributed by atoms with Crippen molar-refractivity contribution in [2.45, 2.75) is 12.8 Å². The van der Waals surface area contributed by atoms with Gasteiger partial charge >= 0.3 is 0 Å². The molecule has 0 aliphatic carbocycles. The Labute approximate surface area is 101 Å². The maximum absolute atomic E-state index is 12.7. The third kappa shape index (κ3) is 3.91. The first kappa shape index (κ1) is 11.6. The minimum atomic E-state index is -0.195. The van der Waals surface area contributed by atoms with Crippen LogP contribution < -0.4 is 5.32 Å². The van der Waals surface area contributed by atoms with Gasteiger partial charge in [0, 0.05) is 12.2 Å². The zero-order valence-corrected chi connectivity index (χ0v) is 9.70. The van der Waals surface area contributed by atoms with E-state index in [4.69, 9.17) is 0 Å². The summed E-state index contributed by atoms with van der Waals surface area (Å²) in [4.78, 5) is 0. The summed E-state index contributed by atoms with van der Waals surface area (Å²) in [5.74, 6) is -0.195. The van der Waals surface area contributed by atoms with Gasteiger partial charge in [-0.25, -0.2) is 4.39 Å². The average molecular weight is 229 g/mol. The number of halogens is 1. The lowest BCUT2D eigenvalue weighted by Crippen LogP contribution is -2.02. The lowest BCUT2D eigenvalue weighted by Gasteiger charge is -2.06. The lowest BCUT2D eigenvalue weighted by molar-refractivity contribution is 0.628. The Balaban J connectivity index is 1.71. The van der Waals surface area contributed by atoms with Gasteiger partial charge in [0.05, 0.1) is 0 Å². The molecule has 0 spiro atoms. The van der Waals surface area contributed by atoms with Crippen molar-refractivity contribution >= 4 is 5.69 Å². The van der Waals surface area contributed by atoms with Gasteiger partial charge in [0.25, 0.3) is 0 Å². The van der Waals surface area contributed by atoms with Gasteiger partial charge in [-0.1, -0.05) is 30.3 Å². The van der Waals surface area contributed by atoms with Crippen molar-refractivity contribution < 1.29 is 4.39 Å². The average Bonchev–Trinajstić information content (AvgIpc) is 2.38. The summed E-state index contributed by atoms with van der Waals surface area (Å²) >= 11 is 0. The van der Waals surface area contributed by atoms with Crippen LogP contribution in [-0.2, 0) is 6.42 Å². The fraction of sp³-hybridized carbons (Fsp3) is 0.200. The predicted octanol–water partition coefficient (Wildman–Crippen LogP) is 3.87. The van der Waals surface area contributed by atoms with E-state index in [2.05, 4.69) is 29.6 Å². The summed E-state index contributed by atoms with van der Waals surface area (Å²) < 4.78 is 12.7. The molecule has 0 aliphatic rings. The molecule has 0 amide bonds. The first-order valence-corrected chi connectivity index (χ1v) is 5.88. The van der Waals surface area contributed by atoms with E-state index < -0.39 is 0 Å². The van der Waals surface area contributed by atoms with Gasteiger partial charge in [-0.2, -0.15) is 0 Å².